The van der Waals surface area contributed by atoms with Crippen molar-refractivity contribution in [1.82, 2.24) is 5.32 Å². The van der Waals surface area contributed by atoms with E-state index in [2.05, 4.69) is 23.5 Å². The Balaban J connectivity index is 2.35. The minimum atomic E-state index is -0.308. The molecule has 0 saturated carbocycles. The molecule has 0 bridgehead atoms. The summed E-state index contributed by atoms with van der Waals surface area (Å²) in [6.07, 6.45) is 0. The minimum Gasteiger partial charge on any atom is -0.488 e. The van der Waals surface area contributed by atoms with Crippen LogP contribution in [-0.2, 0) is 16.2 Å². The van der Waals surface area contributed by atoms with E-state index in [-0.39, 0.29) is 11.6 Å². The summed E-state index contributed by atoms with van der Waals surface area (Å²) in [7, 11) is 2.98. The fourth-order valence-electron chi connectivity index (χ4n) is 2.60. The summed E-state index contributed by atoms with van der Waals surface area (Å²) < 4.78 is 6.09. The van der Waals surface area contributed by atoms with Gasteiger partial charge in [-0.2, -0.15) is 0 Å². The van der Waals surface area contributed by atoms with Crippen LogP contribution in [0.15, 0.2) is 41.6 Å². The van der Waals surface area contributed by atoms with E-state index < -0.39 is 0 Å². The maximum absolute atomic E-state index is 12.1. The van der Waals surface area contributed by atoms with Crippen molar-refractivity contribution in [2.24, 2.45) is 5.16 Å². The van der Waals surface area contributed by atoms with Gasteiger partial charge in [-0.1, -0.05) is 41.6 Å². The number of likely N-dealkylation sites (N-methyl/N-ethyl adjacent to an activating group) is 1. The highest BCUT2D eigenvalue weighted by atomic mass is 16.6. The number of nitrogens with zero attached hydrogens (tertiary/aromatic N) is 1. The van der Waals surface area contributed by atoms with Crippen molar-refractivity contribution in [1.29, 1.82) is 0 Å². The molecule has 5 nitrogen and oxygen atoms in total. The van der Waals surface area contributed by atoms with Gasteiger partial charge in [-0.3, -0.25) is 4.79 Å². The predicted molar refractivity (Wildman–Crippen MR) is 99.0 cm³/mol. The van der Waals surface area contributed by atoms with Crippen LogP contribution in [0.5, 0.6) is 5.75 Å². The predicted octanol–water partition coefficient (Wildman–Crippen LogP) is 3.29. The zero-order chi connectivity index (χ0) is 18.4. The monoisotopic (exact) mass is 340 g/mol. The van der Waals surface area contributed by atoms with Crippen molar-refractivity contribution >= 4 is 11.6 Å². The molecule has 2 rings (SSSR count). The third-order valence-corrected chi connectivity index (χ3v) is 4.14. The van der Waals surface area contributed by atoms with Crippen LogP contribution in [-0.4, -0.2) is 25.8 Å². The molecule has 0 aliphatic heterocycles. The van der Waals surface area contributed by atoms with Crippen molar-refractivity contribution < 1.29 is 14.4 Å². The number of benzene rings is 2. The topological polar surface area (TPSA) is 59.9 Å². The number of amides is 1. The van der Waals surface area contributed by atoms with E-state index >= 15 is 0 Å². The summed E-state index contributed by atoms with van der Waals surface area (Å²) in [6.45, 7) is 6.47. The SMILES string of the molecule is CNC(=O)/C(=N/OC)c1ccccc1COc1c(C)ccc(C)c1C. The first kappa shape index (κ1) is 18.5. The molecule has 0 atom stereocenters. The van der Waals surface area contributed by atoms with Gasteiger partial charge in [0, 0.05) is 12.6 Å². The number of rotatable bonds is 6. The molecule has 0 aromatic heterocycles. The highest BCUT2D eigenvalue weighted by Crippen LogP contribution is 2.27. The summed E-state index contributed by atoms with van der Waals surface area (Å²) in [5.74, 6) is 0.567. The molecule has 2 aromatic rings. The second kappa shape index (κ2) is 8.33. The molecule has 0 fully saturated rings. The summed E-state index contributed by atoms with van der Waals surface area (Å²) in [6, 6.07) is 11.7. The number of carbonyl (C=O) groups excluding carboxylic acids is 1. The van der Waals surface area contributed by atoms with E-state index in [0.717, 1.165) is 22.4 Å². The molecule has 2 aromatic carbocycles. The number of hydrogen-bond donors (Lipinski definition) is 1. The highest BCUT2D eigenvalue weighted by molar-refractivity contribution is 6.45. The average Bonchev–Trinajstić information content (AvgIpc) is 2.63. The van der Waals surface area contributed by atoms with Gasteiger partial charge in [-0.25, -0.2) is 0 Å². The first-order valence-electron chi connectivity index (χ1n) is 8.10. The normalized spacial score (nSPS) is 11.2. The largest absolute Gasteiger partial charge is 0.488 e. The Morgan fingerprint density at radius 3 is 2.44 bits per heavy atom. The molecule has 0 heterocycles. The maximum Gasteiger partial charge on any atom is 0.273 e. The molecule has 5 heteroatoms. The van der Waals surface area contributed by atoms with Crippen LogP contribution in [0.4, 0.5) is 0 Å². The van der Waals surface area contributed by atoms with Crippen LogP contribution in [0.25, 0.3) is 0 Å². The van der Waals surface area contributed by atoms with E-state index in [9.17, 15) is 4.79 Å². The van der Waals surface area contributed by atoms with Crippen LogP contribution >= 0.6 is 0 Å². The lowest BCUT2D eigenvalue weighted by atomic mass is 10.0. The van der Waals surface area contributed by atoms with E-state index in [1.807, 2.05) is 44.2 Å². The third kappa shape index (κ3) is 4.18. The average molecular weight is 340 g/mol. The van der Waals surface area contributed by atoms with Crippen molar-refractivity contribution in [3.63, 3.8) is 0 Å². The molecule has 0 aliphatic carbocycles. The molecule has 132 valence electrons. The Kier molecular flexibility index (Phi) is 6.17. The second-order valence-electron chi connectivity index (χ2n) is 5.80. The lowest BCUT2D eigenvalue weighted by molar-refractivity contribution is -0.114. The molecular weight excluding hydrogens is 316 g/mol. The number of carbonyl (C=O) groups is 1. The third-order valence-electron chi connectivity index (χ3n) is 4.14. The molecule has 25 heavy (non-hydrogen) atoms. The maximum atomic E-state index is 12.1. The molecule has 0 aliphatic rings. The van der Waals surface area contributed by atoms with Crippen molar-refractivity contribution in [2.75, 3.05) is 14.2 Å². The zero-order valence-electron chi connectivity index (χ0n) is 15.3. The van der Waals surface area contributed by atoms with Gasteiger partial charge in [0.25, 0.3) is 5.91 Å². The Morgan fingerprint density at radius 1 is 1.08 bits per heavy atom. The fourth-order valence-corrected chi connectivity index (χ4v) is 2.60. The Bertz CT molecular complexity index is 798. The molecule has 1 N–H and O–H groups in total. The fraction of sp³-hybridized carbons (Fsp3) is 0.300. The van der Waals surface area contributed by atoms with Crippen molar-refractivity contribution in [2.45, 2.75) is 27.4 Å². The molecule has 0 unspecified atom stereocenters. The smallest absolute Gasteiger partial charge is 0.273 e. The first-order chi connectivity index (χ1) is 12.0. The summed E-state index contributed by atoms with van der Waals surface area (Å²) in [4.78, 5) is 17.0. The Morgan fingerprint density at radius 2 is 1.76 bits per heavy atom. The zero-order valence-corrected chi connectivity index (χ0v) is 15.3. The summed E-state index contributed by atoms with van der Waals surface area (Å²) in [5, 5.41) is 6.46. The summed E-state index contributed by atoms with van der Waals surface area (Å²) in [5.41, 5.74) is 5.16. The molecule has 0 saturated heterocycles. The van der Waals surface area contributed by atoms with Gasteiger partial charge in [0.1, 0.15) is 19.5 Å². The Hall–Kier alpha value is -2.82. The quantitative estimate of drug-likeness (QED) is 0.648. The van der Waals surface area contributed by atoms with E-state index in [1.165, 1.54) is 12.7 Å². The highest BCUT2D eigenvalue weighted by Gasteiger charge is 2.18. The number of ether oxygens (including phenoxy) is 1. The minimum absolute atomic E-state index is 0.224. The van der Waals surface area contributed by atoms with Crippen LogP contribution in [0.1, 0.15) is 27.8 Å². The second-order valence-corrected chi connectivity index (χ2v) is 5.80. The molecule has 1 amide bonds. The molecular formula is C20H24N2O3. The van der Waals surface area contributed by atoms with Gasteiger partial charge in [0.05, 0.1) is 0 Å². The van der Waals surface area contributed by atoms with Crippen LogP contribution in [0.2, 0.25) is 0 Å². The van der Waals surface area contributed by atoms with E-state index in [1.54, 1.807) is 7.05 Å². The van der Waals surface area contributed by atoms with E-state index in [0.29, 0.717) is 12.2 Å². The number of nitrogens with one attached hydrogen (secondary N) is 1. The number of oxime groups is 1. The van der Waals surface area contributed by atoms with Crippen LogP contribution < -0.4 is 10.1 Å². The number of aryl methyl sites for hydroxylation is 2. The van der Waals surface area contributed by atoms with E-state index in [4.69, 9.17) is 9.57 Å². The first-order valence-corrected chi connectivity index (χ1v) is 8.10. The van der Waals surface area contributed by atoms with Crippen molar-refractivity contribution in [3.8, 4) is 5.75 Å². The molecule has 0 radical (unpaired) electrons. The van der Waals surface area contributed by atoms with Crippen LogP contribution in [0, 0.1) is 20.8 Å². The van der Waals surface area contributed by atoms with Gasteiger partial charge in [-0.05, 0) is 43.0 Å². The van der Waals surface area contributed by atoms with Gasteiger partial charge < -0.3 is 14.9 Å². The summed E-state index contributed by atoms with van der Waals surface area (Å²) >= 11 is 0. The Labute approximate surface area is 148 Å². The van der Waals surface area contributed by atoms with Gasteiger partial charge in [-0.15, -0.1) is 0 Å². The standard InChI is InChI=1S/C20H24N2O3/c1-13-10-11-14(2)19(15(13)3)25-12-16-8-6-7-9-17(16)18(22-24-5)20(23)21-4/h6-11H,12H2,1-5H3,(H,21,23)/b22-18+. The van der Waals surface area contributed by atoms with Gasteiger partial charge >= 0.3 is 0 Å². The molecule has 0 spiro atoms. The number of hydrogen-bond acceptors (Lipinski definition) is 4. The lowest BCUT2D eigenvalue weighted by Gasteiger charge is -2.16. The van der Waals surface area contributed by atoms with Crippen LogP contribution in [0.3, 0.4) is 0 Å². The lowest BCUT2D eigenvalue weighted by Crippen LogP contribution is -2.29. The van der Waals surface area contributed by atoms with Gasteiger partial charge in [0.2, 0.25) is 0 Å². The van der Waals surface area contributed by atoms with Gasteiger partial charge in [0.15, 0.2) is 5.71 Å². The van der Waals surface area contributed by atoms with Crippen molar-refractivity contribution in [3.05, 3.63) is 64.2 Å².